The van der Waals surface area contributed by atoms with E-state index in [0.29, 0.717) is 12.1 Å². The van der Waals surface area contributed by atoms with Crippen LogP contribution in [0.4, 0.5) is 5.69 Å². The van der Waals surface area contributed by atoms with Gasteiger partial charge in [0.15, 0.2) is 0 Å². The van der Waals surface area contributed by atoms with Crippen LogP contribution in [0.25, 0.3) is 0 Å². The monoisotopic (exact) mass is 396 g/mol. The summed E-state index contributed by atoms with van der Waals surface area (Å²) >= 11 is 1.07. The van der Waals surface area contributed by atoms with Crippen molar-refractivity contribution in [1.29, 1.82) is 0 Å². The second-order valence-corrected chi connectivity index (χ2v) is 8.79. The highest BCUT2D eigenvalue weighted by Crippen LogP contribution is 2.17. The maximum absolute atomic E-state index is 12.2. The molecular formula is C17H20N2O5S2. The lowest BCUT2D eigenvalue weighted by Gasteiger charge is -2.14. The summed E-state index contributed by atoms with van der Waals surface area (Å²) in [5, 5.41) is 13.2. The minimum Gasteiger partial charge on any atom is -0.481 e. The number of sulfonamides is 1. The quantitative estimate of drug-likeness (QED) is 0.634. The molecule has 1 aromatic carbocycles. The molecule has 0 aliphatic carbocycles. The van der Waals surface area contributed by atoms with E-state index < -0.39 is 33.9 Å². The van der Waals surface area contributed by atoms with Gasteiger partial charge in [-0.25, -0.2) is 8.42 Å². The summed E-state index contributed by atoms with van der Waals surface area (Å²) in [6, 6.07) is 8.91. The maximum atomic E-state index is 12.2. The number of carbonyl (C=O) groups excluding carboxylic acids is 1. The first kappa shape index (κ1) is 20.1. The van der Waals surface area contributed by atoms with E-state index >= 15 is 0 Å². The molecule has 0 aliphatic heterocycles. The van der Waals surface area contributed by atoms with Gasteiger partial charge in [-0.15, -0.1) is 11.3 Å². The molecule has 7 nitrogen and oxygen atoms in total. The Kier molecular flexibility index (Phi) is 6.52. The molecule has 1 amide bonds. The summed E-state index contributed by atoms with van der Waals surface area (Å²) in [4.78, 5) is 23.1. The average Bonchev–Trinajstić information content (AvgIpc) is 3.11. The number of aliphatic carboxylic acids is 1. The van der Waals surface area contributed by atoms with E-state index in [1.807, 2.05) is 0 Å². The van der Waals surface area contributed by atoms with E-state index in [-0.39, 0.29) is 4.21 Å². The van der Waals surface area contributed by atoms with Crippen LogP contribution in [0.1, 0.15) is 19.4 Å². The van der Waals surface area contributed by atoms with Crippen LogP contribution in [-0.4, -0.2) is 31.4 Å². The first-order valence-corrected chi connectivity index (χ1v) is 10.2. The molecule has 1 heterocycles. The fraction of sp³-hybridized carbons (Fsp3) is 0.294. The highest BCUT2D eigenvalue weighted by molar-refractivity contribution is 7.91. The van der Waals surface area contributed by atoms with Crippen LogP contribution in [-0.2, 0) is 26.0 Å². The van der Waals surface area contributed by atoms with Crippen molar-refractivity contribution in [2.45, 2.75) is 30.5 Å². The van der Waals surface area contributed by atoms with Crippen molar-refractivity contribution >= 4 is 38.9 Å². The van der Waals surface area contributed by atoms with Crippen molar-refractivity contribution in [3.05, 3.63) is 47.3 Å². The molecule has 0 radical (unpaired) electrons. The standard InChI is InChI=1S/C17H20N2O5S2/c1-11(17(21)22)10-13-5-7-14(8-6-13)18-16(20)12(2)19-26(23,24)15-4-3-9-25-15/h3-9,11-12,19H,10H2,1-2H3,(H,18,20)(H,21,22). The van der Waals surface area contributed by atoms with Crippen LogP contribution in [0.2, 0.25) is 0 Å². The van der Waals surface area contributed by atoms with E-state index in [1.54, 1.807) is 42.6 Å². The fourth-order valence-electron chi connectivity index (χ4n) is 2.18. The topological polar surface area (TPSA) is 113 Å². The van der Waals surface area contributed by atoms with E-state index in [0.717, 1.165) is 16.9 Å². The van der Waals surface area contributed by atoms with Crippen LogP contribution in [0, 0.1) is 5.92 Å². The van der Waals surface area contributed by atoms with Crippen molar-refractivity contribution in [2.75, 3.05) is 5.32 Å². The molecule has 3 N–H and O–H groups in total. The lowest BCUT2D eigenvalue weighted by Crippen LogP contribution is -2.41. The molecule has 2 aromatic rings. The van der Waals surface area contributed by atoms with Gasteiger partial charge in [-0.1, -0.05) is 25.1 Å². The molecule has 1 aromatic heterocycles. The number of hydrogen-bond donors (Lipinski definition) is 3. The minimum atomic E-state index is -3.73. The third-order valence-electron chi connectivity index (χ3n) is 3.67. The van der Waals surface area contributed by atoms with Gasteiger partial charge in [-0.3, -0.25) is 9.59 Å². The number of thiophene rings is 1. The Morgan fingerprint density at radius 2 is 1.81 bits per heavy atom. The van der Waals surface area contributed by atoms with Crippen LogP contribution in [0.3, 0.4) is 0 Å². The van der Waals surface area contributed by atoms with E-state index in [9.17, 15) is 18.0 Å². The highest BCUT2D eigenvalue weighted by Gasteiger charge is 2.22. The van der Waals surface area contributed by atoms with Gasteiger partial charge in [-0.05, 0) is 42.5 Å². The fourth-order valence-corrected chi connectivity index (χ4v) is 4.39. The number of rotatable bonds is 8. The van der Waals surface area contributed by atoms with E-state index in [4.69, 9.17) is 5.11 Å². The molecule has 2 unspecified atom stereocenters. The van der Waals surface area contributed by atoms with Crippen molar-refractivity contribution < 1.29 is 23.1 Å². The first-order valence-electron chi connectivity index (χ1n) is 7.87. The Labute approximate surface area is 156 Å². The summed E-state index contributed by atoms with van der Waals surface area (Å²) in [5.41, 5.74) is 1.34. The summed E-state index contributed by atoms with van der Waals surface area (Å²) < 4.78 is 26.7. The zero-order chi connectivity index (χ0) is 19.3. The number of carboxylic acids is 1. The number of benzene rings is 1. The minimum absolute atomic E-state index is 0.147. The maximum Gasteiger partial charge on any atom is 0.306 e. The third kappa shape index (κ3) is 5.38. The molecule has 140 valence electrons. The lowest BCUT2D eigenvalue weighted by molar-refractivity contribution is -0.141. The van der Waals surface area contributed by atoms with Crippen LogP contribution >= 0.6 is 11.3 Å². The van der Waals surface area contributed by atoms with Crippen molar-refractivity contribution in [1.82, 2.24) is 4.72 Å². The smallest absolute Gasteiger partial charge is 0.306 e. The largest absolute Gasteiger partial charge is 0.481 e. The van der Waals surface area contributed by atoms with Gasteiger partial charge < -0.3 is 10.4 Å². The van der Waals surface area contributed by atoms with Gasteiger partial charge in [0.05, 0.1) is 12.0 Å². The van der Waals surface area contributed by atoms with Crippen molar-refractivity contribution in [3.8, 4) is 0 Å². The summed E-state index contributed by atoms with van der Waals surface area (Å²) in [5.74, 6) is -1.85. The third-order valence-corrected chi connectivity index (χ3v) is 6.61. The number of hydrogen-bond acceptors (Lipinski definition) is 5. The SMILES string of the molecule is CC(Cc1ccc(NC(=O)C(C)NS(=O)(=O)c2cccs2)cc1)C(=O)O. The summed E-state index contributed by atoms with van der Waals surface area (Å²) in [7, 11) is -3.73. The number of nitrogens with one attached hydrogen (secondary N) is 2. The van der Waals surface area contributed by atoms with Gasteiger partial charge in [0.1, 0.15) is 4.21 Å². The Morgan fingerprint density at radius 3 is 2.35 bits per heavy atom. The number of carbonyl (C=O) groups is 2. The predicted octanol–water partition coefficient (Wildman–Crippen LogP) is 2.32. The molecule has 0 fully saturated rings. The van der Waals surface area contributed by atoms with Gasteiger partial charge in [0.25, 0.3) is 10.0 Å². The Hall–Kier alpha value is -2.23. The molecule has 0 aliphatic rings. The Balaban J connectivity index is 1.95. The van der Waals surface area contributed by atoms with Crippen LogP contribution in [0.5, 0.6) is 0 Å². The highest BCUT2D eigenvalue weighted by atomic mass is 32.2. The lowest BCUT2D eigenvalue weighted by atomic mass is 10.0. The Morgan fingerprint density at radius 1 is 1.15 bits per heavy atom. The molecule has 0 saturated heterocycles. The Bertz CT molecular complexity index is 861. The van der Waals surface area contributed by atoms with Gasteiger partial charge >= 0.3 is 5.97 Å². The summed E-state index contributed by atoms with van der Waals surface area (Å²) in [6.07, 6.45) is 0.389. The molecular weight excluding hydrogens is 376 g/mol. The second-order valence-electron chi connectivity index (χ2n) is 5.90. The zero-order valence-electron chi connectivity index (χ0n) is 14.3. The van der Waals surface area contributed by atoms with Gasteiger partial charge in [-0.2, -0.15) is 4.72 Å². The van der Waals surface area contributed by atoms with Gasteiger partial charge in [0, 0.05) is 5.69 Å². The molecule has 0 saturated carbocycles. The molecule has 2 atom stereocenters. The van der Waals surface area contributed by atoms with E-state index in [1.165, 1.54) is 13.0 Å². The second kappa shape index (κ2) is 8.43. The van der Waals surface area contributed by atoms with Crippen molar-refractivity contribution in [2.24, 2.45) is 5.92 Å². The number of anilines is 1. The molecule has 2 rings (SSSR count). The van der Waals surface area contributed by atoms with Crippen LogP contribution < -0.4 is 10.0 Å². The average molecular weight is 396 g/mol. The molecule has 0 spiro atoms. The number of carboxylic acid groups (broad SMARTS) is 1. The van der Waals surface area contributed by atoms with Crippen molar-refractivity contribution in [3.63, 3.8) is 0 Å². The van der Waals surface area contributed by atoms with Crippen LogP contribution in [0.15, 0.2) is 46.0 Å². The zero-order valence-corrected chi connectivity index (χ0v) is 15.9. The van der Waals surface area contributed by atoms with E-state index in [2.05, 4.69) is 10.0 Å². The predicted molar refractivity (Wildman–Crippen MR) is 99.7 cm³/mol. The molecule has 9 heteroatoms. The number of amides is 1. The normalized spacial score (nSPS) is 13.8. The molecule has 0 bridgehead atoms. The molecule has 26 heavy (non-hydrogen) atoms. The first-order chi connectivity index (χ1) is 12.2. The van der Waals surface area contributed by atoms with Gasteiger partial charge in [0.2, 0.25) is 5.91 Å². The summed E-state index contributed by atoms with van der Waals surface area (Å²) in [6.45, 7) is 3.09.